The Hall–Kier alpha value is -3.86. The van der Waals surface area contributed by atoms with E-state index in [4.69, 9.17) is 0 Å². The standard InChI is InChI=1S/C38H33NP2/c1-5-19-33(20-6-1)40(34-21-7-2-8-22-34)37-27-15-13-17-31(37)29-39-30-32-18-14-16-28-38(32)41(35-23-9-3-10-24-35)36-25-11-4-12-26-36/h1-28,39H,29-30H2. The van der Waals surface area contributed by atoms with Gasteiger partial charge in [0.1, 0.15) is 0 Å². The molecular formula is C38H33NP2. The summed E-state index contributed by atoms with van der Waals surface area (Å²) in [7, 11) is -1.30. The highest BCUT2D eigenvalue weighted by atomic mass is 31.1. The van der Waals surface area contributed by atoms with E-state index in [1.54, 1.807) is 0 Å². The van der Waals surface area contributed by atoms with Crippen LogP contribution in [0, 0.1) is 0 Å². The van der Waals surface area contributed by atoms with Crippen LogP contribution in [0.4, 0.5) is 0 Å². The highest BCUT2D eigenvalue weighted by Gasteiger charge is 2.21. The molecule has 0 fully saturated rings. The molecule has 0 atom stereocenters. The number of hydrogen-bond donors (Lipinski definition) is 1. The van der Waals surface area contributed by atoms with E-state index in [9.17, 15) is 0 Å². The lowest BCUT2D eigenvalue weighted by atomic mass is 10.2. The first-order chi connectivity index (χ1) is 20.4. The first-order valence-corrected chi connectivity index (χ1v) is 16.7. The maximum Gasteiger partial charge on any atom is 0.0215 e. The van der Waals surface area contributed by atoms with E-state index in [-0.39, 0.29) is 0 Å². The summed E-state index contributed by atoms with van der Waals surface area (Å²) in [5, 5.41) is 12.2. The lowest BCUT2D eigenvalue weighted by Gasteiger charge is -2.24. The van der Waals surface area contributed by atoms with E-state index < -0.39 is 15.8 Å². The SMILES string of the molecule is c1ccc(P(c2ccccc2)c2ccccc2CNCc2ccccc2P(c2ccccc2)c2ccccc2)cc1. The molecule has 0 saturated heterocycles. The van der Waals surface area contributed by atoms with Crippen molar-refractivity contribution in [1.29, 1.82) is 0 Å². The molecule has 6 aromatic rings. The number of nitrogens with one attached hydrogen (secondary N) is 1. The Balaban J connectivity index is 1.29. The van der Waals surface area contributed by atoms with Gasteiger partial charge in [-0.05, 0) is 58.8 Å². The molecule has 1 nitrogen and oxygen atoms in total. The van der Waals surface area contributed by atoms with Gasteiger partial charge in [-0.15, -0.1) is 0 Å². The summed E-state index contributed by atoms with van der Waals surface area (Å²) < 4.78 is 0. The first-order valence-electron chi connectivity index (χ1n) is 14.1. The van der Waals surface area contributed by atoms with Crippen LogP contribution in [0.5, 0.6) is 0 Å². The lowest BCUT2D eigenvalue weighted by molar-refractivity contribution is 0.698. The van der Waals surface area contributed by atoms with Crippen molar-refractivity contribution in [1.82, 2.24) is 5.32 Å². The van der Waals surface area contributed by atoms with Gasteiger partial charge in [-0.3, -0.25) is 0 Å². The number of benzene rings is 6. The molecule has 6 rings (SSSR count). The zero-order valence-electron chi connectivity index (χ0n) is 23.0. The van der Waals surface area contributed by atoms with Gasteiger partial charge >= 0.3 is 0 Å². The smallest absolute Gasteiger partial charge is 0.0215 e. The van der Waals surface area contributed by atoms with E-state index in [1.165, 1.54) is 43.0 Å². The topological polar surface area (TPSA) is 12.0 Å². The summed E-state index contributed by atoms with van der Waals surface area (Å²) in [6, 6.07) is 61.8. The number of rotatable bonds is 10. The molecule has 0 aromatic heterocycles. The summed E-state index contributed by atoms with van der Waals surface area (Å²) in [6.45, 7) is 1.63. The Morgan fingerprint density at radius 3 is 0.902 bits per heavy atom. The molecule has 0 amide bonds. The van der Waals surface area contributed by atoms with Crippen LogP contribution in [-0.2, 0) is 13.1 Å². The van der Waals surface area contributed by atoms with Crippen LogP contribution in [0.3, 0.4) is 0 Å². The largest absolute Gasteiger partial charge is 0.309 e. The average Bonchev–Trinajstić information content (AvgIpc) is 3.05. The van der Waals surface area contributed by atoms with E-state index in [2.05, 4.69) is 175 Å². The van der Waals surface area contributed by atoms with E-state index >= 15 is 0 Å². The molecule has 0 spiro atoms. The van der Waals surface area contributed by atoms with Gasteiger partial charge in [0.05, 0.1) is 0 Å². The Bertz CT molecular complexity index is 1450. The maximum atomic E-state index is 3.84. The Morgan fingerprint density at radius 2 is 0.585 bits per heavy atom. The van der Waals surface area contributed by atoms with Crippen molar-refractivity contribution in [3.63, 3.8) is 0 Å². The normalized spacial score (nSPS) is 11.2. The second-order valence-electron chi connectivity index (χ2n) is 9.87. The third-order valence-corrected chi connectivity index (χ3v) is 12.2. The van der Waals surface area contributed by atoms with Crippen LogP contribution in [0.2, 0.25) is 0 Å². The minimum atomic E-state index is -0.652. The third kappa shape index (κ3) is 6.56. The molecule has 1 N–H and O–H groups in total. The molecule has 0 saturated carbocycles. The Labute approximate surface area is 246 Å². The molecule has 0 aliphatic rings. The Kier molecular flexibility index (Phi) is 9.11. The van der Waals surface area contributed by atoms with Crippen LogP contribution < -0.4 is 37.1 Å². The first kappa shape index (κ1) is 27.3. The van der Waals surface area contributed by atoms with Crippen LogP contribution in [0.1, 0.15) is 11.1 Å². The Morgan fingerprint density at radius 1 is 0.317 bits per heavy atom. The van der Waals surface area contributed by atoms with E-state index in [0.717, 1.165) is 13.1 Å². The summed E-state index contributed by atoms with van der Waals surface area (Å²) in [5.41, 5.74) is 2.72. The van der Waals surface area contributed by atoms with Crippen LogP contribution >= 0.6 is 15.8 Å². The van der Waals surface area contributed by atoms with Crippen molar-refractivity contribution in [3.8, 4) is 0 Å². The summed E-state index contributed by atoms with van der Waals surface area (Å²) >= 11 is 0. The van der Waals surface area contributed by atoms with Crippen LogP contribution in [0.25, 0.3) is 0 Å². The van der Waals surface area contributed by atoms with E-state index in [1.807, 2.05) is 0 Å². The highest BCUT2D eigenvalue weighted by molar-refractivity contribution is 7.80. The summed E-state index contributed by atoms with van der Waals surface area (Å²) in [6.07, 6.45) is 0. The predicted molar refractivity (Wildman–Crippen MR) is 181 cm³/mol. The quantitative estimate of drug-likeness (QED) is 0.187. The fraction of sp³-hybridized carbons (Fsp3) is 0.0526. The molecule has 0 radical (unpaired) electrons. The molecule has 6 aromatic carbocycles. The lowest BCUT2D eigenvalue weighted by Crippen LogP contribution is -2.28. The highest BCUT2D eigenvalue weighted by Crippen LogP contribution is 2.35. The van der Waals surface area contributed by atoms with Crippen molar-refractivity contribution in [2.24, 2.45) is 0 Å². The molecule has 0 aliphatic heterocycles. The van der Waals surface area contributed by atoms with Crippen molar-refractivity contribution in [2.75, 3.05) is 0 Å². The fourth-order valence-electron chi connectivity index (χ4n) is 5.25. The monoisotopic (exact) mass is 565 g/mol. The van der Waals surface area contributed by atoms with Crippen molar-refractivity contribution in [3.05, 3.63) is 181 Å². The van der Waals surface area contributed by atoms with Gasteiger partial charge in [-0.2, -0.15) is 0 Å². The molecule has 0 heterocycles. The molecule has 200 valence electrons. The second kappa shape index (κ2) is 13.7. The maximum absolute atomic E-state index is 3.84. The zero-order chi connectivity index (χ0) is 27.7. The molecule has 3 heteroatoms. The number of hydrogen-bond acceptors (Lipinski definition) is 1. The summed E-state index contributed by atoms with van der Waals surface area (Å²) in [4.78, 5) is 0. The van der Waals surface area contributed by atoms with E-state index in [0.29, 0.717) is 0 Å². The van der Waals surface area contributed by atoms with Gasteiger partial charge in [-0.25, -0.2) is 0 Å². The van der Waals surface area contributed by atoms with Crippen LogP contribution in [0.15, 0.2) is 170 Å². The van der Waals surface area contributed by atoms with Crippen molar-refractivity contribution in [2.45, 2.75) is 13.1 Å². The van der Waals surface area contributed by atoms with Gasteiger partial charge in [0.15, 0.2) is 0 Å². The fourth-order valence-corrected chi connectivity index (χ4v) is 10.2. The van der Waals surface area contributed by atoms with Gasteiger partial charge < -0.3 is 5.32 Å². The molecule has 0 bridgehead atoms. The zero-order valence-corrected chi connectivity index (χ0v) is 24.8. The minimum Gasteiger partial charge on any atom is -0.309 e. The predicted octanol–water partition coefficient (Wildman–Crippen LogP) is 6.49. The molecular weight excluding hydrogens is 532 g/mol. The van der Waals surface area contributed by atoms with Gasteiger partial charge in [0, 0.05) is 13.1 Å². The molecule has 41 heavy (non-hydrogen) atoms. The summed E-state index contributed by atoms with van der Waals surface area (Å²) in [5.74, 6) is 0. The van der Waals surface area contributed by atoms with Gasteiger partial charge in [-0.1, -0.05) is 170 Å². The second-order valence-corrected chi connectivity index (χ2v) is 14.2. The van der Waals surface area contributed by atoms with Gasteiger partial charge in [0.2, 0.25) is 0 Å². The van der Waals surface area contributed by atoms with Gasteiger partial charge in [0.25, 0.3) is 0 Å². The molecule has 0 aliphatic carbocycles. The average molecular weight is 566 g/mol. The minimum absolute atomic E-state index is 0.652. The van der Waals surface area contributed by atoms with Crippen LogP contribution in [-0.4, -0.2) is 0 Å². The molecule has 0 unspecified atom stereocenters. The van der Waals surface area contributed by atoms with Crippen molar-refractivity contribution < 1.29 is 0 Å². The third-order valence-electron chi connectivity index (χ3n) is 7.15. The van der Waals surface area contributed by atoms with Crippen molar-refractivity contribution >= 4 is 47.7 Å².